The largest absolute Gasteiger partial charge is 0.475 e. The van der Waals surface area contributed by atoms with Crippen molar-refractivity contribution in [1.82, 2.24) is 14.5 Å². The number of anilines is 1. The highest BCUT2D eigenvalue weighted by atomic mass is 79.9. The summed E-state index contributed by atoms with van der Waals surface area (Å²) in [5.74, 6) is 0.518. The number of nitrogens with two attached hydrogens (primary N) is 1. The van der Waals surface area contributed by atoms with E-state index in [1.54, 1.807) is 4.52 Å². The predicted octanol–water partition coefficient (Wildman–Crippen LogP) is 4.01. The van der Waals surface area contributed by atoms with E-state index < -0.39 is 5.91 Å². The molecule has 31 heavy (non-hydrogen) atoms. The van der Waals surface area contributed by atoms with Crippen LogP contribution in [0.25, 0.3) is 5.52 Å². The Morgan fingerprint density at radius 3 is 2.84 bits per heavy atom. The van der Waals surface area contributed by atoms with E-state index in [2.05, 4.69) is 44.7 Å². The number of nitrogens with one attached hydrogen (secondary N) is 1. The molecule has 1 aromatic carbocycles. The molecule has 162 valence electrons. The van der Waals surface area contributed by atoms with Crippen molar-refractivity contribution in [2.45, 2.75) is 26.0 Å². The molecule has 0 spiro atoms. The summed E-state index contributed by atoms with van der Waals surface area (Å²) in [4.78, 5) is 14.2. The van der Waals surface area contributed by atoms with Gasteiger partial charge in [-0.1, -0.05) is 37.3 Å². The van der Waals surface area contributed by atoms with E-state index in [0.29, 0.717) is 29.7 Å². The quantitative estimate of drug-likeness (QED) is 0.472. The van der Waals surface area contributed by atoms with Gasteiger partial charge in [0.15, 0.2) is 5.88 Å². The summed E-state index contributed by atoms with van der Waals surface area (Å²) < 4.78 is 8.56. The van der Waals surface area contributed by atoms with Gasteiger partial charge in [-0.15, -0.1) is 0 Å². The van der Waals surface area contributed by atoms with Gasteiger partial charge in [0.2, 0.25) is 0 Å². The number of carbonyl (C=O) groups excluding carboxylic acids is 1. The smallest absolute Gasteiger partial charge is 0.252 e. The summed E-state index contributed by atoms with van der Waals surface area (Å²) in [6.07, 6.45) is 4.35. The minimum Gasteiger partial charge on any atom is -0.475 e. The zero-order chi connectivity index (χ0) is 22.0. The molecule has 0 unspecified atom stereocenters. The van der Waals surface area contributed by atoms with Gasteiger partial charge in [-0.25, -0.2) is 4.52 Å². The van der Waals surface area contributed by atoms with Crippen molar-refractivity contribution in [2.24, 2.45) is 11.7 Å². The Morgan fingerprint density at radius 2 is 2.13 bits per heavy atom. The lowest BCUT2D eigenvalue weighted by Gasteiger charge is -2.22. The summed E-state index contributed by atoms with van der Waals surface area (Å²) in [5.41, 5.74) is 8.63. The van der Waals surface area contributed by atoms with Crippen molar-refractivity contribution in [2.75, 3.05) is 18.4 Å². The minimum atomic E-state index is -0.506. The third-order valence-electron chi connectivity index (χ3n) is 5.77. The zero-order valence-electron chi connectivity index (χ0n) is 17.4. The molecule has 0 radical (unpaired) electrons. The Kier molecular flexibility index (Phi) is 6.18. The second-order valence-electron chi connectivity index (χ2n) is 7.78. The number of amides is 1. The monoisotopic (exact) mass is 483 g/mol. The van der Waals surface area contributed by atoms with Crippen LogP contribution in [0.15, 0.2) is 65.7 Å². The summed E-state index contributed by atoms with van der Waals surface area (Å²) in [5, 5.41) is 7.88. The van der Waals surface area contributed by atoms with E-state index in [1.807, 2.05) is 42.6 Å². The van der Waals surface area contributed by atoms with E-state index in [9.17, 15) is 4.79 Å². The number of carbonyl (C=O) groups is 1. The topological polar surface area (TPSA) is 84.9 Å². The van der Waals surface area contributed by atoms with Gasteiger partial charge in [-0.2, -0.15) is 5.10 Å². The van der Waals surface area contributed by atoms with Gasteiger partial charge in [0.1, 0.15) is 6.61 Å². The Labute approximate surface area is 190 Å². The Balaban J connectivity index is 1.51. The zero-order valence-corrected chi connectivity index (χ0v) is 19.0. The number of hydrogen-bond donors (Lipinski definition) is 2. The second-order valence-corrected chi connectivity index (χ2v) is 8.69. The molecule has 1 saturated heterocycles. The molecule has 0 aliphatic carbocycles. The second kappa shape index (κ2) is 9.01. The molecule has 8 heteroatoms. The minimum absolute atomic E-state index is 0.111. The number of benzene rings is 1. The fourth-order valence-corrected chi connectivity index (χ4v) is 4.44. The van der Waals surface area contributed by atoms with E-state index in [4.69, 9.17) is 10.5 Å². The van der Waals surface area contributed by atoms with Gasteiger partial charge >= 0.3 is 0 Å². The van der Waals surface area contributed by atoms with Crippen LogP contribution in [-0.4, -0.2) is 39.6 Å². The van der Waals surface area contributed by atoms with Gasteiger partial charge in [-0.3, -0.25) is 4.79 Å². The molecule has 3 aromatic rings. The number of fused-ring (bicyclic) bond motifs is 1. The average molecular weight is 484 g/mol. The van der Waals surface area contributed by atoms with E-state index >= 15 is 0 Å². The van der Waals surface area contributed by atoms with Crippen LogP contribution in [0.2, 0.25) is 0 Å². The lowest BCUT2D eigenvalue weighted by atomic mass is 10.00. The van der Waals surface area contributed by atoms with Crippen LogP contribution in [0.3, 0.4) is 0 Å². The molecule has 1 aliphatic heterocycles. The maximum Gasteiger partial charge on any atom is 0.252 e. The maximum atomic E-state index is 12.1. The SMILES string of the molecule is C=C(OCc1ccccc1)N1C[C@H](CC)[C@H](Nc2c(C(N)=O)cnn3cc(Br)cc23)C1. The summed E-state index contributed by atoms with van der Waals surface area (Å²) in [6.45, 7) is 8.35. The summed E-state index contributed by atoms with van der Waals surface area (Å²) in [7, 11) is 0. The van der Waals surface area contributed by atoms with Crippen molar-refractivity contribution in [1.29, 1.82) is 0 Å². The fraction of sp³-hybridized carbons (Fsp3) is 0.304. The van der Waals surface area contributed by atoms with Gasteiger partial charge in [0, 0.05) is 29.8 Å². The number of ether oxygens (including phenoxy) is 1. The Bertz CT molecular complexity index is 1100. The average Bonchev–Trinajstić information content (AvgIpc) is 3.35. The number of hydrogen-bond acceptors (Lipinski definition) is 5. The molecule has 1 amide bonds. The highest BCUT2D eigenvalue weighted by Gasteiger charge is 2.34. The first-order chi connectivity index (χ1) is 15.0. The number of aromatic nitrogens is 2. The standard InChI is InChI=1S/C23H26BrN5O2/c1-3-17-11-28(15(2)31-14-16-7-5-4-6-8-16)13-20(17)27-22-19(23(25)30)10-26-29-12-18(24)9-21(22)29/h4-10,12,17,20,27H,2-3,11,13-14H2,1H3,(H2,25,30)/t17-,20+/m0/s1. The van der Waals surface area contributed by atoms with Gasteiger partial charge < -0.3 is 20.7 Å². The Morgan fingerprint density at radius 1 is 1.35 bits per heavy atom. The molecule has 1 fully saturated rings. The molecule has 2 aromatic heterocycles. The van der Waals surface area contributed by atoms with Crippen LogP contribution in [0, 0.1) is 5.92 Å². The van der Waals surface area contributed by atoms with E-state index in [0.717, 1.165) is 35.1 Å². The molecule has 2 atom stereocenters. The van der Waals surface area contributed by atoms with Crippen LogP contribution in [0.4, 0.5) is 5.69 Å². The fourth-order valence-electron chi connectivity index (χ4n) is 4.03. The molecule has 1 aliphatic rings. The first-order valence-corrected chi connectivity index (χ1v) is 11.1. The van der Waals surface area contributed by atoms with Crippen molar-refractivity contribution in [3.8, 4) is 0 Å². The molecular formula is C23H26BrN5O2. The summed E-state index contributed by atoms with van der Waals surface area (Å²) >= 11 is 3.48. The van der Waals surface area contributed by atoms with Crippen LogP contribution in [-0.2, 0) is 11.3 Å². The van der Waals surface area contributed by atoms with Crippen LogP contribution in [0.5, 0.6) is 0 Å². The van der Waals surface area contributed by atoms with Crippen molar-refractivity contribution in [3.05, 3.63) is 76.9 Å². The molecule has 0 bridgehead atoms. The molecule has 3 N–H and O–H groups in total. The number of halogens is 1. The van der Waals surface area contributed by atoms with E-state index in [-0.39, 0.29) is 6.04 Å². The summed E-state index contributed by atoms with van der Waals surface area (Å²) in [6, 6.07) is 12.1. The number of rotatable bonds is 8. The van der Waals surface area contributed by atoms with Crippen LogP contribution >= 0.6 is 15.9 Å². The Hall–Kier alpha value is -3.00. The third kappa shape index (κ3) is 4.54. The number of nitrogens with zero attached hydrogens (tertiary/aromatic N) is 3. The molecule has 3 heterocycles. The number of primary amides is 1. The molecule has 0 saturated carbocycles. The normalized spacial score (nSPS) is 18.3. The van der Waals surface area contributed by atoms with Crippen molar-refractivity contribution < 1.29 is 9.53 Å². The van der Waals surface area contributed by atoms with Gasteiger partial charge in [0.25, 0.3) is 5.91 Å². The molecule has 7 nitrogen and oxygen atoms in total. The number of likely N-dealkylation sites (tertiary alicyclic amines) is 1. The van der Waals surface area contributed by atoms with Gasteiger partial charge in [0.05, 0.1) is 23.0 Å². The third-order valence-corrected chi connectivity index (χ3v) is 6.20. The highest BCUT2D eigenvalue weighted by Crippen LogP contribution is 2.31. The van der Waals surface area contributed by atoms with Crippen molar-refractivity contribution >= 4 is 33.0 Å². The lowest BCUT2D eigenvalue weighted by Crippen LogP contribution is -2.30. The van der Waals surface area contributed by atoms with E-state index in [1.165, 1.54) is 6.20 Å². The molecule has 4 rings (SSSR count). The first kappa shape index (κ1) is 21.2. The first-order valence-electron chi connectivity index (χ1n) is 10.3. The highest BCUT2D eigenvalue weighted by molar-refractivity contribution is 9.10. The van der Waals surface area contributed by atoms with Crippen molar-refractivity contribution in [3.63, 3.8) is 0 Å². The van der Waals surface area contributed by atoms with Gasteiger partial charge in [-0.05, 0) is 46.5 Å². The molecular weight excluding hydrogens is 458 g/mol. The predicted molar refractivity (Wildman–Crippen MR) is 125 cm³/mol. The van der Waals surface area contributed by atoms with Crippen LogP contribution < -0.4 is 11.1 Å². The lowest BCUT2D eigenvalue weighted by molar-refractivity contribution is 0.100. The van der Waals surface area contributed by atoms with Crippen LogP contribution in [0.1, 0.15) is 29.3 Å². The maximum absolute atomic E-state index is 12.1.